The average molecular weight is 415 g/mol. The van der Waals surface area contributed by atoms with Crippen molar-refractivity contribution in [2.24, 2.45) is 5.92 Å². The Labute approximate surface area is 166 Å². The second kappa shape index (κ2) is 8.29. The summed E-state index contributed by atoms with van der Waals surface area (Å²) in [6, 6.07) is 5.62. The predicted octanol–water partition coefficient (Wildman–Crippen LogP) is 5.28. The molecular formula is C19H21ClF2N2O2S. The first-order valence-corrected chi connectivity index (χ1v) is 10.0. The molecular weight excluding hydrogens is 394 g/mol. The van der Waals surface area contributed by atoms with Crippen molar-refractivity contribution in [1.29, 1.82) is 0 Å². The summed E-state index contributed by atoms with van der Waals surface area (Å²) in [5.74, 6) is -0.940. The highest BCUT2D eigenvalue weighted by Crippen LogP contribution is 2.33. The normalized spacial score (nSPS) is 19.9. The number of rotatable bonds is 6. The van der Waals surface area contributed by atoms with Crippen molar-refractivity contribution in [2.75, 3.05) is 6.61 Å². The molecule has 0 spiro atoms. The van der Waals surface area contributed by atoms with Crippen LogP contribution in [0.5, 0.6) is 5.88 Å². The first-order valence-electron chi connectivity index (χ1n) is 8.64. The van der Waals surface area contributed by atoms with Gasteiger partial charge in [-0.05, 0) is 33.3 Å². The maximum absolute atomic E-state index is 13.8. The number of aromatic nitrogens is 2. The van der Waals surface area contributed by atoms with E-state index >= 15 is 0 Å². The third-order valence-electron chi connectivity index (χ3n) is 4.45. The van der Waals surface area contributed by atoms with Crippen molar-refractivity contribution in [3.63, 3.8) is 0 Å². The topological polar surface area (TPSA) is 44.2 Å². The van der Waals surface area contributed by atoms with Gasteiger partial charge in [-0.2, -0.15) is 4.98 Å². The molecule has 1 aromatic carbocycles. The van der Waals surface area contributed by atoms with E-state index in [2.05, 4.69) is 23.8 Å². The molecule has 0 unspecified atom stereocenters. The second-order valence-electron chi connectivity index (χ2n) is 7.17. The number of halogens is 3. The van der Waals surface area contributed by atoms with E-state index < -0.39 is 11.6 Å². The first-order chi connectivity index (χ1) is 12.7. The monoisotopic (exact) mass is 414 g/mol. The van der Waals surface area contributed by atoms with Crippen LogP contribution in [0, 0.1) is 17.6 Å². The molecule has 8 heteroatoms. The van der Waals surface area contributed by atoms with Crippen LogP contribution >= 0.6 is 23.4 Å². The molecule has 0 amide bonds. The molecule has 146 valence electrons. The molecule has 0 N–H and O–H groups in total. The van der Waals surface area contributed by atoms with E-state index in [9.17, 15) is 8.78 Å². The van der Waals surface area contributed by atoms with Crippen LogP contribution in [-0.4, -0.2) is 28.3 Å². The highest BCUT2D eigenvalue weighted by atomic mass is 35.5. The second-order valence-corrected chi connectivity index (χ2v) is 8.50. The van der Waals surface area contributed by atoms with Crippen molar-refractivity contribution in [1.82, 2.24) is 9.97 Å². The lowest BCUT2D eigenvalue weighted by atomic mass is 9.94. The highest BCUT2D eigenvalue weighted by Gasteiger charge is 2.36. The molecule has 2 atom stereocenters. The Morgan fingerprint density at radius 1 is 1.37 bits per heavy atom. The largest absolute Gasteiger partial charge is 0.474 e. The summed E-state index contributed by atoms with van der Waals surface area (Å²) in [6.45, 7) is 6.72. The van der Waals surface area contributed by atoms with Gasteiger partial charge in [0.15, 0.2) is 16.8 Å². The number of benzene rings is 1. The van der Waals surface area contributed by atoms with Gasteiger partial charge in [0.1, 0.15) is 11.3 Å². The minimum absolute atomic E-state index is 0.101. The SMILES string of the molecule is C[C@@H](Oc1cc(Cl)nc(SCc2cccc(F)c2F)n1)[C@H]1COC(C)(C)C1. The Balaban J connectivity index is 1.66. The van der Waals surface area contributed by atoms with E-state index in [1.807, 2.05) is 6.92 Å². The molecule has 1 saturated heterocycles. The summed E-state index contributed by atoms with van der Waals surface area (Å²) >= 11 is 7.24. The van der Waals surface area contributed by atoms with Crippen LogP contribution in [0.15, 0.2) is 29.4 Å². The molecule has 0 bridgehead atoms. The molecule has 2 aromatic rings. The number of nitrogens with zero attached hydrogens (tertiary/aromatic N) is 2. The molecule has 1 aromatic heterocycles. The summed E-state index contributed by atoms with van der Waals surface area (Å²) in [5.41, 5.74) is 0.0894. The van der Waals surface area contributed by atoms with Crippen LogP contribution in [0.3, 0.4) is 0 Å². The molecule has 27 heavy (non-hydrogen) atoms. The highest BCUT2D eigenvalue weighted by molar-refractivity contribution is 7.98. The van der Waals surface area contributed by atoms with Crippen LogP contribution in [0.1, 0.15) is 32.8 Å². The number of thioether (sulfide) groups is 1. The molecule has 1 aliphatic heterocycles. The average Bonchev–Trinajstić information content (AvgIpc) is 2.96. The van der Waals surface area contributed by atoms with Crippen LogP contribution in [-0.2, 0) is 10.5 Å². The summed E-state index contributed by atoms with van der Waals surface area (Å²) in [6.07, 6.45) is 0.796. The van der Waals surface area contributed by atoms with E-state index in [1.165, 1.54) is 23.9 Å². The minimum atomic E-state index is -0.875. The fraction of sp³-hybridized carbons (Fsp3) is 0.474. The number of hydrogen-bond acceptors (Lipinski definition) is 5. The van der Waals surface area contributed by atoms with E-state index in [-0.39, 0.29) is 34.1 Å². The molecule has 4 nitrogen and oxygen atoms in total. The van der Waals surface area contributed by atoms with Crippen molar-refractivity contribution in [3.8, 4) is 5.88 Å². The molecule has 0 saturated carbocycles. The Morgan fingerprint density at radius 2 is 2.15 bits per heavy atom. The maximum atomic E-state index is 13.8. The van der Waals surface area contributed by atoms with Gasteiger partial charge in [-0.15, -0.1) is 0 Å². The van der Waals surface area contributed by atoms with E-state index in [4.69, 9.17) is 21.1 Å². The summed E-state index contributed by atoms with van der Waals surface area (Å²) in [5, 5.41) is 0.578. The Morgan fingerprint density at radius 3 is 2.85 bits per heavy atom. The van der Waals surface area contributed by atoms with E-state index in [1.54, 1.807) is 6.07 Å². The van der Waals surface area contributed by atoms with Gasteiger partial charge in [-0.3, -0.25) is 0 Å². The standard InChI is InChI=1S/C19H21ClF2N2O2S/c1-11(13-8-19(2,3)25-9-13)26-16-7-15(20)23-18(24-16)27-10-12-5-4-6-14(21)17(12)22/h4-7,11,13H,8-10H2,1-3H3/t11-,13-/m1/s1. The first kappa shape index (κ1) is 20.3. The smallest absolute Gasteiger partial charge is 0.219 e. The third-order valence-corrected chi connectivity index (χ3v) is 5.54. The van der Waals surface area contributed by atoms with Gasteiger partial charge in [-0.1, -0.05) is 35.5 Å². The lowest BCUT2D eigenvalue weighted by Gasteiger charge is -2.20. The van der Waals surface area contributed by atoms with Crippen molar-refractivity contribution in [2.45, 2.75) is 49.8 Å². The third kappa shape index (κ3) is 5.30. The zero-order chi connectivity index (χ0) is 19.6. The predicted molar refractivity (Wildman–Crippen MR) is 101 cm³/mol. The number of ether oxygens (including phenoxy) is 2. The molecule has 0 radical (unpaired) electrons. The van der Waals surface area contributed by atoms with Crippen molar-refractivity contribution in [3.05, 3.63) is 46.6 Å². The Bertz CT molecular complexity index is 822. The molecule has 1 aliphatic rings. The van der Waals surface area contributed by atoms with Gasteiger partial charge >= 0.3 is 0 Å². The van der Waals surface area contributed by atoms with Crippen LogP contribution in [0.2, 0.25) is 5.15 Å². The quantitative estimate of drug-likeness (QED) is 0.365. The van der Waals surface area contributed by atoms with Crippen molar-refractivity contribution < 1.29 is 18.3 Å². The van der Waals surface area contributed by atoms with Gasteiger partial charge in [0.05, 0.1) is 12.2 Å². The van der Waals surface area contributed by atoms with Gasteiger partial charge in [-0.25, -0.2) is 13.8 Å². The Kier molecular flexibility index (Phi) is 6.23. The molecule has 3 rings (SSSR count). The van der Waals surface area contributed by atoms with Crippen molar-refractivity contribution >= 4 is 23.4 Å². The summed E-state index contributed by atoms with van der Waals surface area (Å²) < 4.78 is 38.8. The van der Waals surface area contributed by atoms with E-state index in [0.29, 0.717) is 17.6 Å². The Hall–Kier alpha value is -1.44. The molecule has 0 aliphatic carbocycles. The van der Waals surface area contributed by atoms with Gasteiger partial charge in [0.25, 0.3) is 0 Å². The molecule has 2 heterocycles. The fourth-order valence-electron chi connectivity index (χ4n) is 2.97. The zero-order valence-electron chi connectivity index (χ0n) is 15.3. The van der Waals surface area contributed by atoms with Crippen LogP contribution in [0.25, 0.3) is 0 Å². The van der Waals surface area contributed by atoms with Gasteiger partial charge in [0, 0.05) is 23.3 Å². The van der Waals surface area contributed by atoms with Gasteiger partial charge in [0.2, 0.25) is 5.88 Å². The summed E-state index contributed by atoms with van der Waals surface area (Å²) in [7, 11) is 0. The minimum Gasteiger partial charge on any atom is -0.474 e. The fourth-order valence-corrected chi connectivity index (χ4v) is 4.02. The maximum Gasteiger partial charge on any atom is 0.219 e. The molecule has 1 fully saturated rings. The van der Waals surface area contributed by atoms with Gasteiger partial charge < -0.3 is 9.47 Å². The number of hydrogen-bond donors (Lipinski definition) is 0. The lowest BCUT2D eigenvalue weighted by molar-refractivity contribution is 0.0317. The lowest BCUT2D eigenvalue weighted by Crippen LogP contribution is -2.25. The van der Waals surface area contributed by atoms with Crippen LogP contribution in [0.4, 0.5) is 8.78 Å². The zero-order valence-corrected chi connectivity index (χ0v) is 16.9. The van der Waals surface area contributed by atoms with Crippen LogP contribution < -0.4 is 4.74 Å². The van der Waals surface area contributed by atoms with E-state index in [0.717, 1.165) is 12.5 Å². The summed E-state index contributed by atoms with van der Waals surface area (Å²) in [4.78, 5) is 8.46.